The van der Waals surface area contributed by atoms with Crippen LogP contribution in [0.15, 0.2) is 0 Å². The first-order chi connectivity index (χ1) is 9.18. The first-order valence-corrected chi connectivity index (χ1v) is 7.51. The molecule has 2 atom stereocenters. The fraction of sp³-hybridized carbons (Fsp3) is 0.733. The smallest absolute Gasteiger partial charge is 0.137 e. The molecule has 1 saturated heterocycles. The lowest BCUT2D eigenvalue weighted by Crippen LogP contribution is -2.46. The van der Waals surface area contributed by atoms with Gasteiger partial charge in [0.1, 0.15) is 16.8 Å². The number of aromatic nitrogens is 2. The molecule has 4 nitrogen and oxygen atoms in total. The zero-order valence-electron chi connectivity index (χ0n) is 13.2. The van der Waals surface area contributed by atoms with Crippen LogP contribution >= 0.6 is 11.6 Å². The number of nitrogens with zero attached hydrogens (tertiary/aromatic N) is 3. The number of ether oxygens (including phenoxy) is 1. The van der Waals surface area contributed by atoms with Gasteiger partial charge in [0, 0.05) is 24.1 Å². The number of hydrogen-bond donors (Lipinski definition) is 0. The fourth-order valence-electron chi connectivity index (χ4n) is 2.47. The summed E-state index contributed by atoms with van der Waals surface area (Å²) in [5, 5.41) is 0.548. The molecule has 1 aliphatic heterocycles. The van der Waals surface area contributed by atoms with Gasteiger partial charge in [-0.2, -0.15) is 0 Å². The maximum absolute atomic E-state index is 6.31. The molecule has 0 aliphatic carbocycles. The van der Waals surface area contributed by atoms with E-state index in [2.05, 4.69) is 44.5 Å². The average Bonchev–Trinajstić information content (AvgIpc) is 2.29. The van der Waals surface area contributed by atoms with Gasteiger partial charge in [0.25, 0.3) is 0 Å². The molecule has 0 bridgehead atoms. The van der Waals surface area contributed by atoms with Gasteiger partial charge in [-0.25, -0.2) is 9.97 Å². The summed E-state index contributed by atoms with van der Waals surface area (Å²) in [6.07, 6.45) is 0.398. The van der Waals surface area contributed by atoms with E-state index >= 15 is 0 Å². The standard InChI is InChI=1S/C15H24ClN3O/c1-9-7-19(8-10(2)20-9)13-11(3)12(16)17-14(18-13)15(4,5)6/h9-10H,7-8H2,1-6H3/t9-,10+. The molecular weight excluding hydrogens is 274 g/mol. The van der Waals surface area contributed by atoms with Crippen molar-refractivity contribution in [2.45, 2.75) is 59.2 Å². The van der Waals surface area contributed by atoms with Crippen molar-refractivity contribution in [2.75, 3.05) is 18.0 Å². The van der Waals surface area contributed by atoms with Crippen LogP contribution in [0.25, 0.3) is 0 Å². The van der Waals surface area contributed by atoms with Crippen LogP contribution in [0.5, 0.6) is 0 Å². The molecule has 0 radical (unpaired) electrons. The Morgan fingerprint density at radius 3 is 2.20 bits per heavy atom. The second kappa shape index (κ2) is 5.49. The normalized spacial score (nSPS) is 24.1. The third-order valence-electron chi connectivity index (χ3n) is 3.45. The first kappa shape index (κ1) is 15.5. The summed E-state index contributed by atoms with van der Waals surface area (Å²) >= 11 is 6.31. The van der Waals surface area contributed by atoms with E-state index < -0.39 is 0 Å². The van der Waals surface area contributed by atoms with Crippen LogP contribution in [0, 0.1) is 6.92 Å². The molecule has 2 rings (SSSR count). The second-order valence-corrected chi connectivity index (χ2v) is 7.06. The van der Waals surface area contributed by atoms with Crippen LogP contribution in [-0.2, 0) is 10.2 Å². The largest absolute Gasteiger partial charge is 0.372 e. The quantitative estimate of drug-likeness (QED) is 0.745. The highest BCUT2D eigenvalue weighted by atomic mass is 35.5. The summed E-state index contributed by atoms with van der Waals surface area (Å²) < 4.78 is 5.79. The highest BCUT2D eigenvalue weighted by Gasteiger charge is 2.27. The van der Waals surface area contributed by atoms with Crippen LogP contribution in [0.4, 0.5) is 5.82 Å². The summed E-state index contributed by atoms with van der Waals surface area (Å²) in [5.74, 6) is 1.73. The molecule has 112 valence electrons. The van der Waals surface area contributed by atoms with E-state index in [9.17, 15) is 0 Å². The molecule has 1 aliphatic rings. The van der Waals surface area contributed by atoms with E-state index in [1.54, 1.807) is 0 Å². The van der Waals surface area contributed by atoms with E-state index in [0.717, 1.165) is 30.3 Å². The van der Waals surface area contributed by atoms with E-state index in [4.69, 9.17) is 21.3 Å². The lowest BCUT2D eigenvalue weighted by molar-refractivity contribution is -0.00551. The molecule has 0 spiro atoms. The van der Waals surface area contributed by atoms with E-state index in [-0.39, 0.29) is 17.6 Å². The molecule has 0 amide bonds. The Kier molecular flexibility index (Phi) is 4.26. The maximum atomic E-state index is 6.31. The zero-order chi connectivity index (χ0) is 15.1. The summed E-state index contributed by atoms with van der Waals surface area (Å²) in [4.78, 5) is 11.5. The number of hydrogen-bond acceptors (Lipinski definition) is 4. The van der Waals surface area contributed by atoms with Crippen LogP contribution < -0.4 is 4.90 Å². The summed E-state index contributed by atoms with van der Waals surface area (Å²) in [6, 6.07) is 0. The Labute approximate surface area is 126 Å². The van der Waals surface area contributed by atoms with Crippen molar-refractivity contribution in [3.63, 3.8) is 0 Å². The lowest BCUT2D eigenvalue weighted by atomic mass is 9.95. The Bertz CT molecular complexity index is 489. The molecule has 0 saturated carbocycles. The SMILES string of the molecule is Cc1c(Cl)nc(C(C)(C)C)nc1N1C[C@@H](C)O[C@@H](C)C1. The van der Waals surface area contributed by atoms with Crippen molar-refractivity contribution in [1.29, 1.82) is 0 Å². The van der Waals surface area contributed by atoms with Crippen molar-refractivity contribution >= 4 is 17.4 Å². The minimum atomic E-state index is -0.115. The Morgan fingerprint density at radius 1 is 1.15 bits per heavy atom. The van der Waals surface area contributed by atoms with Gasteiger partial charge in [0.05, 0.1) is 12.2 Å². The van der Waals surface area contributed by atoms with Crippen LogP contribution in [0.2, 0.25) is 5.15 Å². The molecule has 1 aromatic rings. The van der Waals surface area contributed by atoms with Gasteiger partial charge in [-0.15, -0.1) is 0 Å². The predicted molar refractivity (Wildman–Crippen MR) is 82.7 cm³/mol. The van der Waals surface area contributed by atoms with E-state index in [0.29, 0.717) is 5.15 Å². The fourth-order valence-corrected chi connectivity index (χ4v) is 2.64. The molecule has 0 unspecified atom stereocenters. The van der Waals surface area contributed by atoms with Crippen molar-refractivity contribution < 1.29 is 4.74 Å². The van der Waals surface area contributed by atoms with E-state index in [1.807, 2.05) is 6.92 Å². The van der Waals surface area contributed by atoms with Crippen molar-refractivity contribution in [3.8, 4) is 0 Å². The van der Waals surface area contributed by atoms with Gasteiger partial charge in [0.2, 0.25) is 0 Å². The first-order valence-electron chi connectivity index (χ1n) is 7.13. The third-order valence-corrected chi connectivity index (χ3v) is 3.82. The topological polar surface area (TPSA) is 38.2 Å². The van der Waals surface area contributed by atoms with Crippen molar-refractivity contribution in [1.82, 2.24) is 9.97 Å². The van der Waals surface area contributed by atoms with Crippen molar-refractivity contribution in [2.24, 2.45) is 0 Å². The highest BCUT2D eigenvalue weighted by molar-refractivity contribution is 6.30. The predicted octanol–water partition coefficient (Wildman–Crippen LogP) is 3.35. The lowest BCUT2D eigenvalue weighted by Gasteiger charge is -2.37. The van der Waals surface area contributed by atoms with Crippen molar-refractivity contribution in [3.05, 3.63) is 16.5 Å². The van der Waals surface area contributed by atoms with Crippen LogP contribution in [-0.4, -0.2) is 35.3 Å². The minimum absolute atomic E-state index is 0.115. The van der Waals surface area contributed by atoms with Crippen LogP contribution in [0.3, 0.4) is 0 Å². The number of halogens is 1. The molecule has 1 fully saturated rings. The number of morpholine rings is 1. The Balaban J connectivity index is 2.42. The van der Waals surface area contributed by atoms with Gasteiger partial charge >= 0.3 is 0 Å². The maximum Gasteiger partial charge on any atom is 0.137 e. The monoisotopic (exact) mass is 297 g/mol. The summed E-state index contributed by atoms with van der Waals surface area (Å²) in [6.45, 7) is 14.1. The number of rotatable bonds is 1. The second-order valence-electron chi connectivity index (χ2n) is 6.70. The van der Waals surface area contributed by atoms with E-state index in [1.165, 1.54) is 0 Å². The molecule has 0 N–H and O–H groups in total. The molecule has 20 heavy (non-hydrogen) atoms. The Morgan fingerprint density at radius 2 is 1.70 bits per heavy atom. The Hall–Kier alpha value is -0.870. The summed E-state index contributed by atoms with van der Waals surface area (Å²) in [5.41, 5.74) is 0.830. The molecule has 1 aromatic heterocycles. The van der Waals surface area contributed by atoms with Gasteiger partial charge in [-0.3, -0.25) is 0 Å². The minimum Gasteiger partial charge on any atom is -0.372 e. The molecular formula is C15H24ClN3O. The summed E-state index contributed by atoms with van der Waals surface area (Å²) in [7, 11) is 0. The zero-order valence-corrected chi connectivity index (χ0v) is 14.0. The molecule has 0 aromatic carbocycles. The van der Waals surface area contributed by atoms with Gasteiger partial charge in [-0.05, 0) is 20.8 Å². The molecule has 2 heterocycles. The van der Waals surface area contributed by atoms with Gasteiger partial charge in [-0.1, -0.05) is 32.4 Å². The van der Waals surface area contributed by atoms with Crippen LogP contribution in [0.1, 0.15) is 46.0 Å². The van der Waals surface area contributed by atoms with Gasteiger partial charge < -0.3 is 9.64 Å². The third kappa shape index (κ3) is 3.23. The van der Waals surface area contributed by atoms with Gasteiger partial charge in [0.15, 0.2) is 0 Å². The highest BCUT2D eigenvalue weighted by Crippen LogP contribution is 2.29. The average molecular weight is 298 g/mol. The number of anilines is 1. The molecule has 5 heteroatoms.